The fraction of sp³-hybridized carbons (Fsp3) is 0.500. The zero-order chi connectivity index (χ0) is 11.2. The average Bonchev–Trinajstić information content (AvgIpc) is 2.90. The molecule has 0 amide bonds. The van der Waals surface area contributed by atoms with Crippen molar-refractivity contribution in [2.24, 2.45) is 7.05 Å². The Bertz CT molecular complexity index is 409. The molecule has 2 heterocycles. The zero-order valence-corrected chi connectivity index (χ0v) is 9.26. The van der Waals surface area contributed by atoms with Crippen LogP contribution in [0.25, 0.3) is 0 Å². The quantitative estimate of drug-likeness (QED) is 0.705. The Morgan fingerprint density at radius 3 is 2.94 bits per heavy atom. The van der Waals surface area contributed by atoms with E-state index >= 15 is 0 Å². The topological polar surface area (TPSA) is 68.8 Å². The van der Waals surface area contributed by atoms with Gasteiger partial charge in [0.25, 0.3) is 0 Å². The highest BCUT2D eigenvalue weighted by Gasteiger charge is 1.99. The van der Waals surface area contributed by atoms with Gasteiger partial charge in [0.15, 0.2) is 6.33 Å². The van der Waals surface area contributed by atoms with Crippen molar-refractivity contribution in [3.05, 3.63) is 30.2 Å². The summed E-state index contributed by atoms with van der Waals surface area (Å²) in [4.78, 5) is 3.95. The van der Waals surface area contributed by atoms with Crippen LogP contribution in [0.2, 0.25) is 0 Å². The number of nitrogens with one attached hydrogen (secondary N) is 1. The summed E-state index contributed by atoms with van der Waals surface area (Å²) in [5, 5.41) is 11.0. The Balaban J connectivity index is 1.61. The van der Waals surface area contributed by atoms with Crippen molar-refractivity contribution in [3.8, 4) is 0 Å². The normalized spacial score (nSPS) is 10.8. The summed E-state index contributed by atoms with van der Waals surface area (Å²) in [5.74, 6) is 0.674. The first-order valence-electron chi connectivity index (χ1n) is 5.29. The Labute approximate surface area is 93.7 Å². The molecule has 0 atom stereocenters. The standard InChI is InChI=1S/C10H15N5O/c1-15-9(3-7-13-15)2-5-11-6-4-10-12-8-14-16-10/h3,7-8,11H,2,4-6H2,1H3. The first-order valence-corrected chi connectivity index (χ1v) is 5.29. The van der Waals surface area contributed by atoms with Gasteiger partial charge in [0.1, 0.15) is 0 Å². The van der Waals surface area contributed by atoms with Crippen molar-refractivity contribution < 1.29 is 4.52 Å². The van der Waals surface area contributed by atoms with Gasteiger partial charge in [0, 0.05) is 44.9 Å². The van der Waals surface area contributed by atoms with E-state index in [-0.39, 0.29) is 0 Å². The highest BCUT2D eigenvalue weighted by atomic mass is 16.5. The molecule has 2 aromatic rings. The van der Waals surface area contributed by atoms with Crippen LogP contribution in [0.4, 0.5) is 0 Å². The Kier molecular flexibility index (Phi) is 3.66. The van der Waals surface area contributed by atoms with Crippen LogP contribution >= 0.6 is 0 Å². The molecular weight excluding hydrogens is 206 g/mol. The smallest absolute Gasteiger partial charge is 0.227 e. The molecule has 86 valence electrons. The second-order valence-electron chi connectivity index (χ2n) is 3.53. The molecule has 1 N–H and O–H groups in total. The predicted octanol–water partition coefficient (Wildman–Crippen LogP) is 0.178. The van der Waals surface area contributed by atoms with Gasteiger partial charge >= 0.3 is 0 Å². The van der Waals surface area contributed by atoms with Gasteiger partial charge in [-0.05, 0) is 6.07 Å². The van der Waals surface area contributed by atoms with Gasteiger partial charge in [-0.25, -0.2) is 0 Å². The van der Waals surface area contributed by atoms with E-state index in [4.69, 9.17) is 4.52 Å². The van der Waals surface area contributed by atoms with Gasteiger partial charge in [-0.15, -0.1) is 0 Å². The monoisotopic (exact) mass is 221 g/mol. The summed E-state index contributed by atoms with van der Waals surface area (Å²) in [6.45, 7) is 1.77. The molecule has 0 aromatic carbocycles. The van der Waals surface area contributed by atoms with Crippen molar-refractivity contribution >= 4 is 0 Å². The van der Waals surface area contributed by atoms with E-state index in [9.17, 15) is 0 Å². The van der Waals surface area contributed by atoms with Crippen LogP contribution in [-0.2, 0) is 19.9 Å². The van der Waals surface area contributed by atoms with Gasteiger partial charge in [-0.3, -0.25) is 4.68 Å². The summed E-state index contributed by atoms with van der Waals surface area (Å²) in [7, 11) is 1.95. The number of aryl methyl sites for hydroxylation is 1. The summed E-state index contributed by atoms with van der Waals surface area (Å²) in [5.41, 5.74) is 1.23. The van der Waals surface area contributed by atoms with Crippen molar-refractivity contribution in [2.45, 2.75) is 12.8 Å². The van der Waals surface area contributed by atoms with Crippen molar-refractivity contribution in [3.63, 3.8) is 0 Å². The lowest BCUT2D eigenvalue weighted by Gasteiger charge is -2.03. The average molecular weight is 221 g/mol. The van der Waals surface area contributed by atoms with Crippen LogP contribution in [0.15, 0.2) is 23.1 Å². The second kappa shape index (κ2) is 5.41. The predicted molar refractivity (Wildman–Crippen MR) is 57.8 cm³/mol. The number of hydrogen-bond donors (Lipinski definition) is 1. The zero-order valence-electron chi connectivity index (χ0n) is 9.26. The molecule has 0 radical (unpaired) electrons. The third-order valence-electron chi connectivity index (χ3n) is 2.40. The van der Waals surface area contributed by atoms with E-state index < -0.39 is 0 Å². The van der Waals surface area contributed by atoms with Crippen LogP contribution < -0.4 is 5.32 Å². The molecule has 2 rings (SSSR count). The Morgan fingerprint density at radius 1 is 1.38 bits per heavy atom. The lowest BCUT2D eigenvalue weighted by atomic mass is 10.3. The number of aromatic nitrogens is 4. The molecule has 0 spiro atoms. The van der Waals surface area contributed by atoms with E-state index in [1.807, 2.05) is 24.0 Å². The molecule has 0 aliphatic carbocycles. The molecule has 0 bridgehead atoms. The van der Waals surface area contributed by atoms with Crippen LogP contribution in [-0.4, -0.2) is 33.0 Å². The maximum atomic E-state index is 4.89. The third kappa shape index (κ3) is 2.90. The maximum absolute atomic E-state index is 4.89. The van der Waals surface area contributed by atoms with Gasteiger partial charge in [-0.2, -0.15) is 10.1 Å². The van der Waals surface area contributed by atoms with Crippen LogP contribution in [0.1, 0.15) is 11.6 Å². The summed E-state index contributed by atoms with van der Waals surface area (Å²) >= 11 is 0. The van der Waals surface area contributed by atoms with Gasteiger partial charge in [0.05, 0.1) is 0 Å². The number of rotatable bonds is 6. The fourth-order valence-corrected chi connectivity index (χ4v) is 1.49. The summed E-state index contributed by atoms with van der Waals surface area (Å²) in [6, 6.07) is 2.03. The van der Waals surface area contributed by atoms with Crippen LogP contribution in [0.5, 0.6) is 0 Å². The molecule has 0 saturated carbocycles. The lowest BCUT2D eigenvalue weighted by molar-refractivity contribution is 0.375. The van der Waals surface area contributed by atoms with Crippen LogP contribution in [0.3, 0.4) is 0 Å². The minimum atomic E-state index is 0.674. The molecular formula is C10H15N5O. The Morgan fingerprint density at radius 2 is 2.25 bits per heavy atom. The molecule has 6 nitrogen and oxygen atoms in total. The van der Waals surface area contributed by atoms with E-state index in [0.29, 0.717) is 5.89 Å². The first kappa shape index (κ1) is 10.8. The number of nitrogens with zero attached hydrogens (tertiary/aromatic N) is 4. The third-order valence-corrected chi connectivity index (χ3v) is 2.40. The van der Waals surface area contributed by atoms with Crippen molar-refractivity contribution in [2.75, 3.05) is 13.1 Å². The maximum Gasteiger partial charge on any atom is 0.227 e. The van der Waals surface area contributed by atoms with Gasteiger partial charge in [-0.1, -0.05) is 5.16 Å². The van der Waals surface area contributed by atoms with Crippen molar-refractivity contribution in [1.82, 2.24) is 25.2 Å². The molecule has 0 unspecified atom stereocenters. The minimum Gasteiger partial charge on any atom is -0.340 e. The number of hydrogen-bond acceptors (Lipinski definition) is 5. The summed E-state index contributed by atoms with van der Waals surface area (Å²) in [6.07, 6.45) is 4.98. The molecule has 2 aromatic heterocycles. The molecule has 0 aliphatic rings. The van der Waals surface area contributed by atoms with Crippen LogP contribution in [0, 0.1) is 0 Å². The molecule has 0 saturated heterocycles. The second-order valence-corrected chi connectivity index (χ2v) is 3.53. The van der Waals surface area contributed by atoms with E-state index in [2.05, 4.69) is 20.6 Å². The van der Waals surface area contributed by atoms with E-state index in [1.54, 1.807) is 0 Å². The molecule has 6 heteroatoms. The fourth-order valence-electron chi connectivity index (χ4n) is 1.49. The van der Waals surface area contributed by atoms with Gasteiger partial charge in [0.2, 0.25) is 5.89 Å². The largest absolute Gasteiger partial charge is 0.340 e. The van der Waals surface area contributed by atoms with E-state index in [0.717, 1.165) is 25.9 Å². The van der Waals surface area contributed by atoms with E-state index in [1.165, 1.54) is 12.0 Å². The SMILES string of the molecule is Cn1nccc1CCNCCc1ncno1. The highest BCUT2D eigenvalue weighted by Crippen LogP contribution is 1.96. The molecule has 0 aliphatic heterocycles. The highest BCUT2D eigenvalue weighted by molar-refractivity contribution is 5.00. The first-order chi connectivity index (χ1) is 7.86. The lowest BCUT2D eigenvalue weighted by Crippen LogP contribution is -2.21. The molecule has 0 fully saturated rings. The summed E-state index contributed by atoms with van der Waals surface area (Å²) < 4.78 is 6.78. The minimum absolute atomic E-state index is 0.674. The Hall–Kier alpha value is -1.69. The van der Waals surface area contributed by atoms with Crippen molar-refractivity contribution in [1.29, 1.82) is 0 Å². The molecule has 16 heavy (non-hydrogen) atoms. The van der Waals surface area contributed by atoms with Gasteiger partial charge < -0.3 is 9.84 Å².